The number of pyridine rings is 1. The van der Waals surface area contributed by atoms with Gasteiger partial charge >= 0.3 is 0 Å². The Morgan fingerprint density at radius 2 is 1.96 bits per heavy atom. The number of anilines is 1. The Kier molecular flexibility index (Phi) is 5.32. The number of ether oxygens (including phenoxy) is 1. The van der Waals surface area contributed by atoms with Crippen LogP contribution in [0.3, 0.4) is 0 Å². The summed E-state index contributed by atoms with van der Waals surface area (Å²) in [5, 5.41) is 13.2. The molecule has 3 aromatic rings. The molecule has 0 aliphatic heterocycles. The van der Waals surface area contributed by atoms with Crippen molar-refractivity contribution < 1.29 is 9.13 Å². The summed E-state index contributed by atoms with van der Waals surface area (Å²) in [6.45, 7) is 3.14. The predicted octanol–water partition coefficient (Wildman–Crippen LogP) is 3.67. The molecule has 0 radical (unpaired) electrons. The smallest absolute Gasteiger partial charge is 0.213 e. The Bertz CT molecular complexity index is 791. The minimum Gasteiger partial charge on any atom is -0.478 e. The topological polar surface area (TPSA) is 59.9 Å². The van der Waals surface area contributed by atoms with Gasteiger partial charge in [0.1, 0.15) is 10.8 Å². The number of nitrogens with zero attached hydrogens (tertiary/aromatic N) is 3. The predicted molar refractivity (Wildman–Crippen MR) is 91.8 cm³/mol. The van der Waals surface area contributed by atoms with Crippen LogP contribution in [0.2, 0.25) is 0 Å². The van der Waals surface area contributed by atoms with Gasteiger partial charge in [0.05, 0.1) is 6.61 Å². The van der Waals surface area contributed by atoms with Gasteiger partial charge in [-0.3, -0.25) is 0 Å². The standard InChI is InChI=1S/C17H17FN4OS/c1-2-23-15-9-13(7-8-19-15)11-20-17-22-21-16(24-17)10-12-3-5-14(18)6-4-12/h3-9H,2,10-11H2,1H3,(H,20,22). The molecule has 0 aliphatic carbocycles. The van der Waals surface area contributed by atoms with E-state index in [0.29, 0.717) is 25.5 Å². The summed E-state index contributed by atoms with van der Waals surface area (Å²) in [6.07, 6.45) is 2.37. The fraction of sp³-hybridized carbons (Fsp3) is 0.235. The van der Waals surface area contributed by atoms with Crippen molar-refractivity contribution in [2.45, 2.75) is 19.9 Å². The molecule has 0 bridgehead atoms. The molecular weight excluding hydrogens is 327 g/mol. The van der Waals surface area contributed by atoms with Crippen molar-refractivity contribution in [3.63, 3.8) is 0 Å². The maximum absolute atomic E-state index is 12.9. The van der Waals surface area contributed by atoms with Crippen LogP contribution < -0.4 is 10.1 Å². The molecule has 124 valence electrons. The normalized spacial score (nSPS) is 10.6. The number of rotatable bonds is 7. The minimum absolute atomic E-state index is 0.234. The fourth-order valence-electron chi connectivity index (χ4n) is 2.14. The first-order chi connectivity index (χ1) is 11.7. The van der Waals surface area contributed by atoms with E-state index in [1.807, 2.05) is 19.1 Å². The van der Waals surface area contributed by atoms with Gasteiger partial charge < -0.3 is 10.1 Å². The van der Waals surface area contributed by atoms with E-state index in [1.54, 1.807) is 18.3 Å². The summed E-state index contributed by atoms with van der Waals surface area (Å²) >= 11 is 1.49. The number of hydrogen-bond donors (Lipinski definition) is 1. The zero-order valence-electron chi connectivity index (χ0n) is 13.2. The Morgan fingerprint density at radius 1 is 1.12 bits per heavy atom. The summed E-state index contributed by atoms with van der Waals surface area (Å²) in [4.78, 5) is 4.14. The summed E-state index contributed by atoms with van der Waals surface area (Å²) in [5.41, 5.74) is 2.07. The molecule has 2 heterocycles. The van der Waals surface area contributed by atoms with Crippen LogP contribution in [0.5, 0.6) is 5.88 Å². The third-order valence-electron chi connectivity index (χ3n) is 3.27. The average molecular weight is 344 g/mol. The first-order valence-corrected chi connectivity index (χ1v) is 8.43. The quantitative estimate of drug-likeness (QED) is 0.708. The molecule has 0 amide bonds. The van der Waals surface area contributed by atoms with Crippen LogP contribution in [0.1, 0.15) is 23.1 Å². The van der Waals surface area contributed by atoms with Crippen LogP contribution in [0.4, 0.5) is 9.52 Å². The highest BCUT2D eigenvalue weighted by Gasteiger charge is 2.06. The van der Waals surface area contributed by atoms with Gasteiger partial charge in [0, 0.05) is 25.2 Å². The van der Waals surface area contributed by atoms with Crippen molar-refractivity contribution >= 4 is 16.5 Å². The van der Waals surface area contributed by atoms with E-state index in [2.05, 4.69) is 20.5 Å². The molecular formula is C17H17FN4OS. The highest BCUT2D eigenvalue weighted by molar-refractivity contribution is 7.15. The van der Waals surface area contributed by atoms with Crippen LogP contribution in [-0.4, -0.2) is 21.8 Å². The lowest BCUT2D eigenvalue weighted by atomic mass is 10.2. The largest absolute Gasteiger partial charge is 0.478 e. The van der Waals surface area contributed by atoms with Gasteiger partial charge in [0.25, 0.3) is 0 Å². The molecule has 1 aromatic carbocycles. The molecule has 7 heteroatoms. The van der Waals surface area contributed by atoms with Gasteiger partial charge in [0.2, 0.25) is 11.0 Å². The molecule has 0 saturated carbocycles. The molecule has 2 aromatic heterocycles. The van der Waals surface area contributed by atoms with Gasteiger partial charge in [-0.2, -0.15) is 0 Å². The van der Waals surface area contributed by atoms with Crippen LogP contribution in [-0.2, 0) is 13.0 Å². The van der Waals surface area contributed by atoms with Crippen LogP contribution >= 0.6 is 11.3 Å². The van der Waals surface area contributed by atoms with Gasteiger partial charge in [-0.25, -0.2) is 9.37 Å². The number of aromatic nitrogens is 3. The number of halogens is 1. The molecule has 24 heavy (non-hydrogen) atoms. The summed E-state index contributed by atoms with van der Waals surface area (Å²) in [7, 11) is 0. The maximum Gasteiger partial charge on any atom is 0.213 e. The molecule has 0 aliphatic rings. The zero-order valence-corrected chi connectivity index (χ0v) is 14.0. The van der Waals surface area contributed by atoms with E-state index < -0.39 is 0 Å². The van der Waals surface area contributed by atoms with E-state index in [9.17, 15) is 4.39 Å². The Balaban J connectivity index is 1.58. The van der Waals surface area contributed by atoms with Gasteiger partial charge in [-0.1, -0.05) is 23.5 Å². The average Bonchev–Trinajstić information content (AvgIpc) is 3.03. The Hall–Kier alpha value is -2.54. The van der Waals surface area contributed by atoms with E-state index >= 15 is 0 Å². The molecule has 1 N–H and O–H groups in total. The summed E-state index contributed by atoms with van der Waals surface area (Å²) in [5.74, 6) is 0.383. The van der Waals surface area contributed by atoms with Crippen molar-refractivity contribution in [2.24, 2.45) is 0 Å². The minimum atomic E-state index is -0.234. The Morgan fingerprint density at radius 3 is 2.75 bits per heavy atom. The van der Waals surface area contributed by atoms with Crippen molar-refractivity contribution in [1.82, 2.24) is 15.2 Å². The summed E-state index contributed by atoms with van der Waals surface area (Å²) in [6, 6.07) is 10.3. The van der Waals surface area contributed by atoms with Crippen LogP contribution in [0.15, 0.2) is 42.6 Å². The highest BCUT2D eigenvalue weighted by Crippen LogP contribution is 2.20. The molecule has 0 saturated heterocycles. The third kappa shape index (κ3) is 4.48. The first kappa shape index (κ1) is 16.3. The lowest BCUT2D eigenvalue weighted by Gasteiger charge is -2.05. The van der Waals surface area contributed by atoms with Crippen LogP contribution in [0, 0.1) is 5.82 Å². The second-order valence-corrected chi connectivity index (χ2v) is 6.16. The van der Waals surface area contributed by atoms with E-state index in [-0.39, 0.29) is 5.82 Å². The molecule has 0 fully saturated rings. The lowest BCUT2D eigenvalue weighted by Crippen LogP contribution is -2.01. The maximum atomic E-state index is 12.9. The second kappa shape index (κ2) is 7.83. The van der Waals surface area contributed by atoms with Crippen LogP contribution in [0.25, 0.3) is 0 Å². The molecule has 0 unspecified atom stereocenters. The van der Waals surface area contributed by atoms with Gasteiger partial charge in [0.15, 0.2) is 0 Å². The molecule has 0 atom stereocenters. The lowest BCUT2D eigenvalue weighted by molar-refractivity contribution is 0.326. The summed E-state index contributed by atoms with van der Waals surface area (Å²) < 4.78 is 18.3. The van der Waals surface area contributed by atoms with Crippen molar-refractivity contribution in [1.29, 1.82) is 0 Å². The van der Waals surface area contributed by atoms with Crippen molar-refractivity contribution in [2.75, 3.05) is 11.9 Å². The fourth-order valence-corrected chi connectivity index (χ4v) is 2.91. The molecule has 0 spiro atoms. The zero-order chi connectivity index (χ0) is 16.8. The van der Waals surface area contributed by atoms with E-state index in [0.717, 1.165) is 21.3 Å². The first-order valence-electron chi connectivity index (χ1n) is 7.61. The SMILES string of the molecule is CCOc1cc(CNc2nnc(Cc3ccc(F)cc3)s2)ccn1. The van der Waals surface area contributed by atoms with Gasteiger partial charge in [-0.15, -0.1) is 10.2 Å². The van der Waals surface area contributed by atoms with E-state index in [4.69, 9.17) is 4.74 Å². The van der Waals surface area contributed by atoms with Crippen molar-refractivity contribution in [3.05, 3.63) is 64.5 Å². The highest BCUT2D eigenvalue weighted by atomic mass is 32.1. The number of benzene rings is 1. The monoisotopic (exact) mass is 344 g/mol. The Labute approximate surface area is 143 Å². The van der Waals surface area contributed by atoms with Gasteiger partial charge in [-0.05, 0) is 36.2 Å². The van der Waals surface area contributed by atoms with E-state index in [1.165, 1.54) is 23.5 Å². The number of hydrogen-bond acceptors (Lipinski definition) is 6. The third-order valence-corrected chi connectivity index (χ3v) is 4.15. The molecule has 3 rings (SSSR count). The second-order valence-electron chi connectivity index (χ2n) is 5.09. The molecule has 5 nitrogen and oxygen atoms in total. The number of nitrogens with one attached hydrogen (secondary N) is 1. The van der Waals surface area contributed by atoms with Crippen molar-refractivity contribution in [3.8, 4) is 5.88 Å².